The van der Waals surface area contributed by atoms with Crippen LogP contribution in [0.4, 0.5) is 0 Å². The van der Waals surface area contributed by atoms with Crippen LogP contribution in [0.25, 0.3) is 44.3 Å². The van der Waals surface area contributed by atoms with Crippen molar-refractivity contribution in [3.8, 4) is 28.1 Å². The third-order valence-corrected chi connectivity index (χ3v) is 5.81. The molecule has 6 heteroatoms. The van der Waals surface area contributed by atoms with Gasteiger partial charge in [0.2, 0.25) is 0 Å². The van der Waals surface area contributed by atoms with Crippen molar-refractivity contribution < 1.29 is 18.7 Å². The second-order valence-corrected chi connectivity index (χ2v) is 7.90. The molecule has 33 heavy (non-hydrogen) atoms. The molecule has 0 bridgehead atoms. The van der Waals surface area contributed by atoms with Gasteiger partial charge in [-0.3, -0.25) is 9.89 Å². The van der Waals surface area contributed by atoms with E-state index in [1.165, 1.54) is 0 Å². The minimum absolute atomic E-state index is 0.00332. The van der Waals surface area contributed by atoms with Crippen LogP contribution in [0.5, 0.6) is 5.75 Å². The summed E-state index contributed by atoms with van der Waals surface area (Å²) >= 11 is 0. The number of hydrogen-bond acceptors (Lipinski definition) is 5. The lowest BCUT2D eigenvalue weighted by atomic mass is 9.98. The summed E-state index contributed by atoms with van der Waals surface area (Å²) in [5.74, 6) is -0.102. The Morgan fingerprint density at radius 2 is 1.61 bits per heavy atom. The molecule has 0 aliphatic carbocycles. The lowest BCUT2D eigenvalue weighted by molar-refractivity contribution is 0.0987. The highest BCUT2D eigenvalue weighted by atomic mass is 16.4. The summed E-state index contributed by atoms with van der Waals surface area (Å²) in [5, 5.41) is 19.9. The number of benzene rings is 3. The van der Waals surface area contributed by atoms with Gasteiger partial charge in [0, 0.05) is 22.2 Å². The van der Waals surface area contributed by atoms with Gasteiger partial charge in [-0.2, -0.15) is 5.10 Å². The summed E-state index contributed by atoms with van der Waals surface area (Å²) in [4.78, 5) is 13.0. The number of nitrogens with one attached hydrogen (secondary N) is 1. The van der Waals surface area contributed by atoms with Crippen LogP contribution in [0.3, 0.4) is 0 Å². The minimum Gasteiger partial charge on any atom is -0.506 e. The molecule has 160 valence electrons. The third-order valence-electron chi connectivity index (χ3n) is 5.81. The number of rotatable bonds is 4. The fraction of sp³-hybridized carbons (Fsp3) is 0.0370. The molecule has 0 fully saturated rings. The Hall–Kier alpha value is -4.58. The van der Waals surface area contributed by atoms with Crippen LogP contribution < -0.4 is 0 Å². The third kappa shape index (κ3) is 3.03. The largest absolute Gasteiger partial charge is 0.506 e. The predicted molar refractivity (Wildman–Crippen MR) is 125 cm³/mol. The Morgan fingerprint density at radius 1 is 0.879 bits per heavy atom. The Morgan fingerprint density at radius 3 is 2.42 bits per heavy atom. The van der Waals surface area contributed by atoms with E-state index in [9.17, 15) is 9.90 Å². The van der Waals surface area contributed by atoms with Gasteiger partial charge in [0.15, 0.2) is 11.5 Å². The molecule has 0 unspecified atom stereocenters. The van der Waals surface area contributed by atoms with E-state index in [4.69, 9.17) is 8.83 Å². The maximum Gasteiger partial charge on any atom is 0.263 e. The van der Waals surface area contributed by atoms with Crippen LogP contribution >= 0.6 is 0 Å². The fourth-order valence-electron chi connectivity index (χ4n) is 4.20. The smallest absolute Gasteiger partial charge is 0.263 e. The Balaban J connectivity index is 1.45. The summed E-state index contributed by atoms with van der Waals surface area (Å²) in [7, 11) is 0. The summed E-state index contributed by atoms with van der Waals surface area (Å²) in [6.45, 7) is 1.94. The van der Waals surface area contributed by atoms with E-state index >= 15 is 0 Å². The number of H-pyrrole nitrogens is 1. The van der Waals surface area contributed by atoms with Crippen molar-refractivity contribution in [2.24, 2.45) is 0 Å². The quantitative estimate of drug-likeness (QED) is 0.310. The average molecular weight is 434 g/mol. The molecular formula is C27H18N2O4. The number of phenolic OH excluding ortho intramolecular Hbond substituents is 1. The number of ketones is 1. The molecule has 3 aromatic carbocycles. The molecule has 0 amide bonds. The number of hydrogen-bond donors (Lipinski definition) is 2. The maximum atomic E-state index is 13.0. The normalized spacial score (nSPS) is 11.4. The number of nitrogens with zero attached hydrogens (tertiary/aromatic N) is 1. The van der Waals surface area contributed by atoms with Crippen molar-refractivity contribution in [3.63, 3.8) is 0 Å². The summed E-state index contributed by atoms with van der Waals surface area (Å²) in [6.07, 6.45) is 0. The highest BCUT2D eigenvalue weighted by molar-refractivity contribution is 6.10. The van der Waals surface area contributed by atoms with Gasteiger partial charge < -0.3 is 13.9 Å². The number of aryl methyl sites for hydroxylation is 1. The standard InChI is InChI=1S/C27H18N2O4/c1-15-24(16-7-3-2-4-8-16)25(29-28-15)18-11-12-21-19(26(18)30)14-23(33-21)27(31)22-13-17-9-5-6-10-20(17)32-22/h2-14,30H,1H3,(H,28,29). The number of carbonyl (C=O) groups is 1. The zero-order valence-electron chi connectivity index (χ0n) is 17.6. The lowest BCUT2D eigenvalue weighted by Crippen LogP contribution is -1.96. The van der Waals surface area contributed by atoms with Gasteiger partial charge in [-0.05, 0) is 42.8 Å². The highest BCUT2D eigenvalue weighted by Gasteiger charge is 2.23. The summed E-state index contributed by atoms with van der Waals surface area (Å²) < 4.78 is 11.5. The second kappa shape index (κ2) is 7.24. The molecule has 0 aliphatic rings. The van der Waals surface area contributed by atoms with Crippen molar-refractivity contribution in [1.82, 2.24) is 10.2 Å². The first-order chi connectivity index (χ1) is 16.1. The number of aromatic nitrogens is 2. The van der Waals surface area contributed by atoms with Crippen molar-refractivity contribution in [1.29, 1.82) is 0 Å². The number of phenols is 1. The van der Waals surface area contributed by atoms with Gasteiger partial charge in [0.1, 0.15) is 22.6 Å². The van der Waals surface area contributed by atoms with E-state index < -0.39 is 0 Å². The number of fused-ring (bicyclic) bond motifs is 2. The van der Waals surface area contributed by atoms with Crippen LogP contribution in [-0.4, -0.2) is 21.1 Å². The molecule has 6 aromatic rings. The van der Waals surface area contributed by atoms with Gasteiger partial charge in [0.25, 0.3) is 5.78 Å². The van der Waals surface area contributed by atoms with E-state index in [1.807, 2.05) is 55.5 Å². The fourth-order valence-corrected chi connectivity index (χ4v) is 4.20. The number of aromatic hydroxyl groups is 1. The number of para-hydroxylation sites is 1. The lowest BCUT2D eigenvalue weighted by Gasteiger charge is -2.07. The van der Waals surface area contributed by atoms with Crippen LogP contribution in [0.1, 0.15) is 22.0 Å². The van der Waals surface area contributed by atoms with E-state index in [0.29, 0.717) is 27.8 Å². The van der Waals surface area contributed by atoms with Gasteiger partial charge in [-0.25, -0.2) is 0 Å². The maximum absolute atomic E-state index is 13.0. The molecule has 6 nitrogen and oxygen atoms in total. The van der Waals surface area contributed by atoms with E-state index in [-0.39, 0.29) is 23.1 Å². The Bertz CT molecular complexity index is 1620. The Kier molecular flexibility index (Phi) is 4.20. The first-order valence-corrected chi connectivity index (χ1v) is 10.5. The number of aromatic amines is 1. The molecule has 6 rings (SSSR count). The first kappa shape index (κ1) is 19.1. The first-order valence-electron chi connectivity index (χ1n) is 10.5. The molecule has 0 saturated heterocycles. The molecular weight excluding hydrogens is 416 g/mol. The molecule has 3 heterocycles. The number of carbonyl (C=O) groups excluding carboxylic acids is 1. The molecule has 0 aliphatic heterocycles. The molecule has 0 saturated carbocycles. The van der Waals surface area contributed by atoms with Crippen LogP contribution in [0.2, 0.25) is 0 Å². The van der Waals surface area contributed by atoms with Crippen molar-refractivity contribution in [2.75, 3.05) is 0 Å². The van der Waals surface area contributed by atoms with Crippen LogP contribution in [-0.2, 0) is 0 Å². The average Bonchev–Trinajstić information content (AvgIpc) is 3.56. The minimum atomic E-state index is -0.385. The van der Waals surface area contributed by atoms with Crippen LogP contribution in [0, 0.1) is 6.92 Å². The van der Waals surface area contributed by atoms with Gasteiger partial charge in [-0.1, -0.05) is 48.5 Å². The van der Waals surface area contributed by atoms with Gasteiger partial charge in [0.05, 0.1) is 5.39 Å². The monoisotopic (exact) mass is 434 g/mol. The molecule has 2 N–H and O–H groups in total. The molecule has 0 radical (unpaired) electrons. The number of furan rings is 2. The van der Waals surface area contributed by atoms with Crippen molar-refractivity contribution in [2.45, 2.75) is 6.92 Å². The summed E-state index contributed by atoms with van der Waals surface area (Å²) in [5.41, 5.74) is 5.01. The van der Waals surface area contributed by atoms with E-state index in [2.05, 4.69) is 10.2 Å². The SMILES string of the molecule is Cc1[nH]nc(-c2ccc3oc(C(=O)c4cc5ccccc5o4)cc3c2O)c1-c1ccccc1. The van der Waals surface area contributed by atoms with Crippen molar-refractivity contribution in [3.05, 3.63) is 96.1 Å². The topological polar surface area (TPSA) is 92.3 Å². The zero-order chi connectivity index (χ0) is 22.5. The highest BCUT2D eigenvalue weighted by Crippen LogP contribution is 2.41. The van der Waals surface area contributed by atoms with Gasteiger partial charge >= 0.3 is 0 Å². The van der Waals surface area contributed by atoms with Crippen LogP contribution in [0.15, 0.2) is 87.7 Å². The predicted octanol–water partition coefficient (Wildman–Crippen LogP) is 6.48. The molecule has 3 aromatic heterocycles. The Labute approximate surface area is 188 Å². The molecule has 0 atom stereocenters. The van der Waals surface area contributed by atoms with E-state index in [1.54, 1.807) is 30.3 Å². The molecule has 0 spiro atoms. The second-order valence-electron chi connectivity index (χ2n) is 7.90. The van der Waals surface area contributed by atoms with E-state index in [0.717, 1.165) is 22.2 Å². The zero-order valence-corrected chi connectivity index (χ0v) is 17.6. The van der Waals surface area contributed by atoms with Crippen molar-refractivity contribution >= 4 is 27.7 Å². The van der Waals surface area contributed by atoms with Gasteiger partial charge in [-0.15, -0.1) is 0 Å². The summed E-state index contributed by atoms with van der Waals surface area (Å²) in [6, 6.07) is 24.0.